The first-order valence-electron chi connectivity index (χ1n) is 8.85. The van der Waals surface area contributed by atoms with E-state index in [1.165, 1.54) is 0 Å². The molecule has 2 amide bonds. The number of ether oxygens (including phenoxy) is 1. The molecule has 1 aliphatic rings. The number of nitrogens with zero attached hydrogens (tertiary/aromatic N) is 2. The van der Waals surface area contributed by atoms with Gasteiger partial charge in [-0.2, -0.15) is 0 Å². The third kappa shape index (κ3) is 9.69. The number of carbonyl (C=O) groups is 3. The standard InChI is InChI=1S/C16H23Cl2N3O2.C2H2O4/c1-20(2)9-7-19-16(22)21-8-3-4-13(11-21)23-12-5-6-14(17)15(18)10-12;3-1(4)2(5)6/h5-6,10,13H,3-4,7-9,11H2,1-2H3,(H,19,22);(H,3,4)(H,5,6). The maximum atomic E-state index is 12.2. The molecule has 29 heavy (non-hydrogen) atoms. The molecule has 0 aliphatic carbocycles. The van der Waals surface area contributed by atoms with E-state index < -0.39 is 11.9 Å². The molecule has 9 nitrogen and oxygen atoms in total. The number of halogens is 2. The van der Waals surface area contributed by atoms with Gasteiger partial charge in [0.15, 0.2) is 0 Å². The van der Waals surface area contributed by atoms with E-state index in [0.717, 1.165) is 25.9 Å². The second-order valence-electron chi connectivity index (χ2n) is 6.55. The van der Waals surface area contributed by atoms with Gasteiger partial charge >= 0.3 is 18.0 Å². The van der Waals surface area contributed by atoms with Crippen LogP contribution in [0, 0.1) is 0 Å². The van der Waals surface area contributed by atoms with Crippen molar-refractivity contribution in [3.8, 4) is 5.75 Å². The number of piperidine rings is 1. The number of likely N-dealkylation sites (N-methyl/N-ethyl adjacent to an activating group) is 1. The minimum atomic E-state index is -1.82. The summed E-state index contributed by atoms with van der Waals surface area (Å²) in [5.41, 5.74) is 0. The van der Waals surface area contributed by atoms with Crippen molar-refractivity contribution in [3.63, 3.8) is 0 Å². The van der Waals surface area contributed by atoms with Crippen LogP contribution in [-0.2, 0) is 9.59 Å². The predicted octanol–water partition coefficient (Wildman–Crippen LogP) is 2.26. The molecular weight excluding hydrogens is 425 g/mol. The number of aliphatic carboxylic acids is 2. The minimum absolute atomic E-state index is 0.0272. The number of urea groups is 1. The van der Waals surface area contributed by atoms with E-state index in [2.05, 4.69) is 5.32 Å². The second kappa shape index (κ2) is 12.4. The molecule has 1 unspecified atom stereocenters. The fraction of sp³-hybridized carbons (Fsp3) is 0.500. The van der Waals surface area contributed by atoms with Crippen LogP contribution in [0.5, 0.6) is 5.75 Å². The lowest BCUT2D eigenvalue weighted by atomic mass is 10.1. The largest absolute Gasteiger partial charge is 0.489 e. The lowest BCUT2D eigenvalue weighted by Gasteiger charge is -2.33. The predicted molar refractivity (Wildman–Crippen MR) is 109 cm³/mol. The van der Waals surface area contributed by atoms with Gasteiger partial charge in [-0.25, -0.2) is 14.4 Å². The van der Waals surface area contributed by atoms with Gasteiger partial charge in [-0.05, 0) is 39.1 Å². The van der Waals surface area contributed by atoms with Crippen LogP contribution < -0.4 is 10.1 Å². The highest BCUT2D eigenvalue weighted by atomic mass is 35.5. The zero-order valence-electron chi connectivity index (χ0n) is 16.2. The van der Waals surface area contributed by atoms with E-state index in [1.54, 1.807) is 23.1 Å². The maximum Gasteiger partial charge on any atom is 0.414 e. The molecular formula is C18H25Cl2N3O6. The first kappa shape index (κ1) is 24.8. The van der Waals surface area contributed by atoms with Gasteiger partial charge in [0.05, 0.1) is 16.6 Å². The van der Waals surface area contributed by atoms with E-state index in [4.69, 9.17) is 47.7 Å². The Morgan fingerprint density at radius 3 is 2.41 bits per heavy atom. The number of carboxylic acid groups (broad SMARTS) is 2. The Kier molecular flexibility index (Phi) is 10.6. The van der Waals surface area contributed by atoms with Crippen molar-refractivity contribution >= 4 is 41.2 Å². The maximum absolute atomic E-state index is 12.2. The highest BCUT2D eigenvalue weighted by Crippen LogP contribution is 2.28. The zero-order valence-corrected chi connectivity index (χ0v) is 17.7. The lowest BCUT2D eigenvalue weighted by Crippen LogP contribution is -2.49. The summed E-state index contributed by atoms with van der Waals surface area (Å²) in [6.07, 6.45) is 1.81. The molecule has 0 spiro atoms. The van der Waals surface area contributed by atoms with E-state index in [1.807, 2.05) is 19.0 Å². The zero-order chi connectivity index (χ0) is 22.0. The fourth-order valence-electron chi connectivity index (χ4n) is 2.46. The lowest BCUT2D eigenvalue weighted by molar-refractivity contribution is -0.159. The van der Waals surface area contributed by atoms with Gasteiger partial charge in [-0.15, -0.1) is 0 Å². The Balaban J connectivity index is 0.000000612. The van der Waals surface area contributed by atoms with Crippen molar-refractivity contribution < 1.29 is 29.3 Å². The Hall–Kier alpha value is -2.23. The third-order valence-corrected chi connectivity index (χ3v) is 4.62. The van der Waals surface area contributed by atoms with Gasteiger partial charge in [-0.3, -0.25) is 0 Å². The molecule has 0 saturated carbocycles. The van der Waals surface area contributed by atoms with Gasteiger partial charge in [0.1, 0.15) is 11.9 Å². The van der Waals surface area contributed by atoms with Crippen molar-refractivity contribution in [2.75, 3.05) is 40.3 Å². The molecule has 1 aliphatic heterocycles. The number of rotatable bonds is 5. The number of nitrogens with one attached hydrogen (secondary N) is 1. The summed E-state index contributed by atoms with van der Waals surface area (Å²) in [7, 11) is 3.96. The molecule has 1 saturated heterocycles. The number of carboxylic acids is 2. The summed E-state index contributed by atoms with van der Waals surface area (Å²) in [6.45, 7) is 2.80. The number of carbonyl (C=O) groups excluding carboxylic acids is 1. The summed E-state index contributed by atoms with van der Waals surface area (Å²) in [5, 5.41) is 18.7. The van der Waals surface area contributed by atoms with Crippen LogP contribution in [-0.4, -0.2) is 84.4 Å². The quantitative estimate of drug-likeness (QED) is 0.589. The number of likely N-dealkylation sites (tertiary alicyclic amines) is 1. The molecule has 162 valence electrons. The van der Waals surface area contributed by atoms with Crippen LogP contribution in [0.2, 0.25) is 10.0 Å². The van der Waals surface area contributed by atoms with Crippen LogP contribution in [0.1, 0.15) is 12.8 Å². The molecule has 0 radical (unpaired) electrons. The molecule has 1 heterocycles. The summed E-state index contributed by atoms with van der Waals surface area (Å²) in [6, 6.07) is 5.19. The third-order valence-electron chi connectivity index (χ3n) is 3.88. The normalized spacial score (nSPS) is 15.9. The summed E-state index contributed by atoms with van der Waals surface area (Å²) >= 11 is 11.9. The molecule has 3 N–H and O–H groups in total. The molecule has 1 atom stereocenters. The summed E-state index contributed by atoms with van der Waals surface area (Å²) in [4.78, 5) is 34.2. The number of hydrogen-bond donors (Lipinski definition) is 3. The molecule has 0 bridgehead atoms. The summed E-state index contributed by atoms with van der Waals surface area (Å²) in [5.74, 6) is -2.97. The van der Waals surface area contributed by atoms with Crippen LogP contribution in [0.15, 0.2) is 18.2 Å². The van der Waals surface area contributed by atoms with Crippen molar-refractivity contribution in [2.45, 2.75) is 18.9 Å². The summed E-state index contributed by atoms with van der Waals surface area (Å²) < 4.78 is 5.94. The van der Waals surface area contributed by atoms with Crippen LogP contribution >= 0.6 is 23.2 Å². The Labute approximate surface area is 179 Å². The van der Waals surface area contributed by atoms with Gasteiger partial charge in [-0.1, -0.05) is 23.2 Å². The number of amides is 2. The molecule has 1 aromatic rings. The first-order chi connectivity index (χ1) is 13.6. The van der Waals surface area contributed by atoms with E-state index >= 15 is 0 Å². The van der Waals surface area contributed by atoms with Crippen LogP contribution in [0.25, 0.3) is 0 Å². The van der Waals surface area contributed by atoms with Crippen molar-refractivity contribution in [1.29, 1.82) is 0 Å². The molecule has 11 heteroatoms. The first-order valence-corrected chi connectivity index (χ1v) is 9.61. The highest BCUT2D eigenvalue weighted by molar-refractivity contribution is 6.42. The molecule has 1 fully saturated rings. The van der Waals surface area contributed by atoms with Crippen LogP contribution in [0.4, 0.5) is 4.79 Å². The molecule has 1 aromatic carbocycles. The van der Waals surface area contributed by atoms with Crippen molar-refractivity contribution in [1.82, 2.24) is 15.1 Å². The van der Waals surface area contributed by atoms with E-state index in [-0.39, 0.29) is 12.1 Å². The van der Waals surface area contributed by atoms with Gasteiger partial charge in [0, 0.05) is 25.7 Å². The second-order valence-corrected chi connectivity index (χ2v) is 7.36. The van der Waals surface area contributed by atoms with Crippen molar-refractivity contribution in [3.05, 3.63) is 28.2 Å². The smallest absolute Gasteiger partial charge is 0.414 e. The fourth-order valence-corrected chi connectivity index (χ4v) is 2.75. The Morgan fingerprint density at radius 2 is 1.86 bits per heavy atom. The van der Waals surface area contributed by atoms with E-state index in [9.17, 15) is 4.79 Å². The Morgan fingerprint density at radius 1 is 1.21 bits per heavy atom. The van der Waals surface area contributed by atoms with E-state index in [0.29, 0.717) is 28.9 Å². The number of benzene rings is 1. The monoisotopic (exact) mass is 449 g/mol. The van der Waals surface area contributed by atoms with Gasteiger partial charge < -0.3 is 30.1 Å². The molecule has 0 aromatic heterocycles. The minimum Gasteiger partial charge on any atom is -0.489 e. The molecule has 2 rings (SSSR count). The van der Waals surface area contributed by atoms with Crippen LogP contribution in [0.3, 0.4) is 0 Å². The number of hydrogen-bond acceptors (Lipinski definition) is 5. The topological polar surface area (TPSA) is 119 Å². The average molecular weight is 450 g/mol. The average Bonchev–Trinajstić information content (AvgIpc) is 2.65. The Bertz CT molecular complexity index is 705. The van der Waals surface area contributed by atoms with Gasteiger partial charge in [0.25, 0.3) is 0 Å². The van der Waals surface area contributed by atoms with Crippen molar-refractivity contribution in [2.24, 2.45) is 0 Å². The highest BCUT2D eigenvalue weighted by Gasteiger charge is 2.24. The van der Waals surface area contributed by atoms with Gasteiger partial charge in [0.2, 0.25) is 0 Å². The SMILES string of the molecule is CN(C)CCNC(=O)N1CCCC(Oc2ccc(Cl)c(Cl)c2)C1.O=C(O)C(=O)O.